The van der Waals surface area contributed by atoms with Crippen molar-refractivity contribution in [1.29, 1.82) is 0 Å². The Kier molecular flexibility index (Phi) is 9.99. The lowest BCUT2D eigenvalue weighted by atomic mass is 10.2. The first-order valence-electron chi connectivity index (χ1n) is 9.09. The van der Waals surface area contributed by atoms with Crippen molar-refractivity contribution in [3.05, 3.63) is 29.8 Å². The molecule has 146 valence electrons. The molecule has 0 aliphatic rings. The number of carbonyl (C=O) groups excluding carboxylic acids is 1. The zero-order valence-corrected chi connectivity index (χ0v) is 18.1. The molecule has 0 radical (unpaired) electrons. The number of rotatable bonds is 11. The summed E-state index contributed by atoms with van der Waals surface area (Å²) >= 11 is 1.44. The van der Waals surface area contributed by atoms with Gasteiger partial charge in [0.25, 0.3) is 12.6 Å². The van der Waals surface area contributed by atoms with Gasteiger partial charge in [-0.15, -0.1) is 0 Å². The third-order valence-electron chi connectivity index (χ3n) is 3.92. The summed E-state index contributed by atoms with van der Waals surface area (Å²) in [4.78, 5) is 18.6. The van der Waals surface area contributed by atoms with Crippen LogP contribution in [0.2, 0.25) is 0 Å². The SMILES string of the molecule is CCCSP(=O)(NC)N(C=Nc1ccc(C(=O)N(CC)CC)cc1)CC. The Balaban J connectivity index is 2.89. The van der Waals surface area contributed by atoms with E-state index >= 15 is 0 Å². The Morgan fingerprint density at radius 1 is 1.15 bits per heavy atom. The maximum absolute atomic E-state index is 13.0. The largest absolute Gasteiger partial charge is 0.339 e. The zero-order chi connectivity index (χ0) is 19.6. The minimum absolute atomic E-state index is 0.0244. The lowest BCUT2D eigenvalue weighted by Gasteiger charge is -2.27. The van der Waals surface area contributed by atoms with E-state index in [-0.39, 0.29) is 5.91 Å². The van der Waals surface area contributed by atoms with Gasteiger partial charge < -0.3 is 4.90 Å². The van der Waals surface area contributed by atoms with E-state index in [9.17, 15) is 9.36 Å². The molecule has 0 aliphatic heterocycles. The van der Waals surface area contributed by atoms with Crippen molar-refractivity contribution in [3.8, 4) is 0 Å². The van der Waals surface area contributed by atoms with E-state index in [0.29, 0.717) is 25.2 Å². The van der Waals surface area contributed by atoms with Crippen LogP contribution in [0.25, 0.3) is 0 Å². The van der Waals surface area contributed by atoms with Crippen molar-refractivity contribution in [2.45, 2.75) is 34.1 Å². The molecule has 0 fully saturated rings. The van der Waals surface area contributed by atoms with E-state index in [1.54, 1.807) is 35.1 Å². The molecule has 0 aromatic heterocycles. The Bertz CT molecular complexity index is 633. The monoisotopic (exact) mass is 398 g/mol. The van der Waals surface area contributed by atoms with Gasteiger partial charge in [-0.3, -0.25) is 14.0 Å². The van der Waals surface area contributed by atoms with Gasteiger partial charge >= 0.3 is 0 Å². The normalized spacial score (nSPS) is 13.6. The van der Waals surface area contributed by atoms with E-state index in [1.807, 2.05) is 32.9 Å². The second-order valence-corrected chi connectivity index (χ2v) is 10.5. The molecular weight excluding hydrogens is 367 g/mol. The van der Waals surface area contributed by atoms with E-state index in [0.717, 1.165) is 17.9 Å². The van der Waals surface area contributed by atoms with Crippen LogP contribution in [0.3, 0.4) is 0 Å². The summed E-state index contributed by atoms with van der Waals surface area (Å²) in [5, 5.41) is 2.95. The molecule has 0 saturated carbocycles. The molecule has 1 amide bonds. The Hall–Kier alpha value is -1.30. The van der Waals surface area contributed by atoms with Gasteiger partial charge in [-0.2, -0.15) is 0 Å². The van der Waals surface area contributed by atoms with Crippen molar-refractivity contribution >= 4 is 36.0 Å². The zero-order valence-electron chi connectivity index (χ0n) is 16.4. The van der Waals surface area contributed by atoms with Crippen molar-refractivity contribution < 1.29 is 9.36 Å². The van der Waals surface area contributed by atoms with Crippen LogP contribution in [-0.4, -0.2) is 54.3 Å². The molecule has 1 aromatic rings. The molecule has 0 aliphatic carbocycles. The van der Waals surface area contributed by atoms with E-state index in [1.165, 1.54) is 11.4 Å². The van der Waals surface area contributed by atoms with Crippen LogP contribution in [0.15, 0.2) is 29.3 Å². The molecule has 1 rings (SSSR count). The lowest BCUT2D eigenvalue weighted by Crippen LogP contribution is -2.30. The molecule has 6 nitrogen and oxygen atoms in total. The third kappa shape index (κ3) is 6.15. The summed E-state index contributed by atoms with van der Waals surface area (Å²) in [7, 11) is 1.72. The van der Waals surface area contributed by atoms with Crippen LogP contribution in [0.4, 0.5) is 5.69 Å². The van der Waals surface area contributed by atoms with Crippen LogP contribution in [-0.2, 0) is 4.57 Å². The molecule has 1 unspecified atom stereocenters. The van der Waals surface area contributed by atoms with Crippen LogP contribution in [0, 0.1) is 0 Å². The Morgan fingerprint density at radius 2 is 1.77 bits per heavy atom. The highest BCUT2D eigenvalue weighted by Crippen LogP contribution is 2.56. The fourth-order valence-electron chi connectivity index (χ4n) is 2.33. The van der Waals surface area contributed by atoms with Gasteiger partial charge in [0.2, 0.25) is 0 Å². The highest BCUT2D eigenvalue weighted by atomic mass is 32.7. The number of nitrogens with zero attached hydrogens (tertiary/aromatic N) is 3. The number of nitrogens with one attached hydrogen (secondary N) is 1. The Labute approximate surface area is 161 Å². The highest BCUT2D eigenvalue weighted by molar-refractivity contribution is 8.56. The van der Waals surface area contributed by atoms with Gasteiger partial charge in [-0.25, -0.2) is 10.1 Å². The summed E-state index contributed by atoms with van der Waals surface area (Å²) < 4.78 is 14.8. The second kappa shape index (κ2) is 11.4. The minimum Gasteiger partial charge on any atom is -0.339 e. The summed E-state index contributed by atoms with van der Waals surface area (Å²) in [6, 6.07) is 7.19. The molecule has 8 heteroatoms. The average molecular weight is 399 g/mol. The predicted octanol–water partition coefficient (Wildman–Crippen LogP) is 4.62. The molecular formula is C18H31N4O2PS. The maximum Gasteiger partial charge on any atom is 0.293 e. The van der Waals surface area contributed by atoms with Gasteiger partial charge in [0.1, 0.15) is 0 Å². The van der Waals surface area contributed by atoms with E-state index in [2.05, 4.69) is 17.0 Å². The fourth-order valence-corrected chi connectivity index (χ4v) is 6.45. The van der Waals surface area contributed by atoms with Crippen molar-refractivity contribution in [1.82, 2.24) is 14.7 Å². The number of hydrogen-bond donors (Lipinski definition) is 1. The molecule has 1 aromatic carbocycles. The minimum atomic E-state index is -2.72. The van der Waals surface area contributed by atoms with Crippen molar-refractivity contribution in [2.75, 3.05) is 32.4 Å². The lowest BCUT2D eigenvalue weighted by molar-refractivity contribution is 0.0773. The fraction of sp³-hybridized carbons (Fsp3) is 0.556. The van der Waals surface area contributed by atoms with Gasteiger partial charge in [-0.1, -0.05) is 18.3 Å². The van der Waals surface area contributed by atoms with Crippen LogP contribution >= 0.6 is 18.0 Å². The van der Waals surface area contributed by atoms with Gasteiger partial charge in [0.05, 0.1) is 12.0 Å². The number of carbonyl (C=O) groups is 1. The van der Waals surface area contributed by atoms with Crippen LogP contribution in [0.1, 0.15) is 44.5 Å². The molecule has 0 bridgehead atoms. The molecule has 0 spiro atoms. The standard InChI is InChI=1S/C18H31N4O2PS/c1-6-14-26-25(24,19-5)22(9-4)15-20-17-12-10-16(11-13-17)18(23)21(7-2)8-3/h10-13,15H,6-9,14H2,1-5H3,(H,19,24). The van der Waals surface area contributed by atoms with Gasteiger partial charge in [0, 0.05) is 31.0 Å². The second-order valence-electron chi connectivity index (χ2n) is 5.60. The number of amides is 1. The first-order valence-corrected chi connectivity index (χ1v) is 12.3. The first kappa shape index (κ1) is 22.7. The van der Waals surface area contributed by atoms with E-state index in [4.69, 9.17) is 0 Å². The third-order valence-corrected chi connectivity index (χ3v) is 9.26. The summed E-state index contributed by atoms with van der Waals surface area (Å²) in [6.07, 6.45) is 2.59. The Morgan fingerprint density at radius 3 is 2.23 bits per heavy atom. The number of benzene rings is 1. The summed E-state index contributed by atoms with van der Waals surface area (Å²) in [6.45, 7) is 7.21. The van der Waals surface area contributed by atoms with Crippen LogP contribution < -0.4 is 5.09 Å². The van der Waals surface area contributed by atoms with Gasteiger partial charge in [-0.05, 0) is 58.5 Å². The number of aliphatic imine (C=N–C) groups is 1. The highest BCUT2D eigenvalue weighted by Gasteiger charge is 2.26. The first-order chi connectivity index (χ1) is 12.4. The predicted molar refractivity (Wildman–Crippen MR) is 114 cm³/mol. The topological polar surface area (TPSA) is 65.0 Å². The van der Waals surface area contributed by atoms with E-state index < -0.39 is 6.65 Å². The van der Waals surface area contributed by atoms with Gasteiger partial charge in [0.15, 0.2) is 0 Å². The quantitative estimate of drug-likeness (QED) is 0.335. The smallest absolute Gasteiger partial charge is 0.293 e. The van der Waals surface area contributed by atoms with Crippen LogP contribution in [0.5, 0.6) is 0 Å². The molecule has 26 heavy (non-hydrogen) atoms. The molecule has 0 heterocycles. The number of hydrogen-bond acceptors (Lipinski definition) is 4. The maximum atomic E-state index is 13.0. The molecule has 1 N–H and O–H groups in total. The van der Waals surface area contributed by atoms with Crippen molar-refractivity contribution in [3.63, 3.8) is 0 Å². The summed E-state index contributed by atoms with van der Waals surface area (Å²) in [5.74, 6) is 0.848. The summed E-state index contributed by atoms with van der Waals surface area (Å²) in [5.41, 5.74) is 1.38. The molecule has 0 saturated heterocycles. The average Bonchev–Trinajstić information content (AvgIpc) is 2.68. The van der Waals surface area contributed by atoms with Crippen molar-refractivity contribution in [2.24, 2.45) is 4.99 Å². The molecule has 1 atom stereocenters.